The normalized spacial score (nSPS) is 37.2. The second kappa shape index (κ2) is 4.54. The molecule has 2 aliphatic rings. The van der Waals surface area contributed by atoms with Gasteiger partial charge < -0.3 is 5.11 Å². The van der Waals surface area contributed by atoms with Crippen molar-refractivity contribution in [3.8, 4) is 0 Å². The summed E-state index contributed by atoms with van der Waals surface area (Å²) >= 11 is 0. The van der Waals surface area contributed by atoms with Crippen molar-refractivity contribution in [1.29, 1.82) is 0 Å². The van der Waals surface area contributed by atoms with Crippen LogP contribution in [0.3, 0.4) is 0 Å². The number of rotatable bonds is 3. The molecule has 0 spiro atoms. The first-order valence-corrected chi connectivity index (χ1v) is 7.81. The van der Waals surface area contributed by atoms with Crippen LogP contribution in [0.2, 0.25) is 0 Å². The van der Waals surface area contributed by atoms with Crippen LogP contribution in [-0.2, 0) is 4.79 Å². The van der Waals surface area contributed by atoms with Gasteiger partial charge in [-0.05, 0) is 42.2 Å². The van der Waals surface area contributed by atoms with Gasteiger partial charge in [-0.3, -0.25) is 4.79 Å². The summed E-state index contributed by atoms with van der Waals surface area (Å²) in [5.41, 5.74) is -0.507. The van der Waals surface area contributed by atoms with Crippen LogP contribution in [0.5, 0.6) is 0 Å². The maximum atomic E-state index is 12.7. The average Bonchev–Trinajstić information content (AvgIpc) is 2.78. The van der Waals surface area contributed by atoms with Crippen molar-refractivity contribution in [3.63, 3.8) is 0 Å². The fourth-order valence-electron chi connectivity index (χ4n) is 4.52. The Kier molecular flexibility index (Phi) is 3.14. The van der Waals surface area contributed by atoms with Gasteiger partial charge in [-0.25, -0.2) is 0 Å². The van der Waals surface area contributed by atoms with Crippen molar-refractivity contribution in [2.24, 2.45) is 16.7 Å². The number of hydrogen-bond acceptors (Lipinski definition) is 2. The van der Waals surface area contributed by atoms with Crippen LogP contribution in [0.4, 0.5) is 0 Å². The average molecular weight is 284 g/mol. The lowest BCUT2D eigenvalue weighted by Gasteiger charge is -2.43. The molecule has 2 bridgehead atoms. The molecule has 0 aliphatic heterocycles. The van der Waals surface area contributed by atoms with Crippen molar-refractivity contribution in [2.45, 2.75) is 45.6 Å². The highest BCUT2D eigenvalue weighted by Gasteiger charge is 2.70. The van der Waals surface area contributed by atoms with Crippen LogP contribution in [0.1, 0.15) is 45.6 Å². The molecule has 2 fully saturated rings. The molecule has 112 valence electrons. The molecule has 2 saturated carbocycles. The van der Waals surface area contributed by atoms with E-state index in [1.54, 1.807) is 6.08 Å². The summed E-state index contributed by atoms with van der Waals surface area (Å²) in [5.74, 6) is 0.311. The number of hydrogen-bond donors (Lipinski definition) is 1. The second-order valence-corrected chi connectivity index (χ2v) is 7.46. The van der Waals surface area contributed by atoms with Crippen LogP contribution in [0.25, 0.3) is 6.08 Å². The van der Waals surface area contributed by atoms with E-state index in [2.05, 4.69) is 20.8 Å². The molecule has 3 rings (SSSR count). The lowest BCUT2D eigenvalue weighted by atomic mass is 9.63. The first kappa shape index (κ1) is 14.5. The number of benzene rings is 1. The van der Waals surface area contributed by atoms with Gasteiger partial charge in [-0.1, -0.05) is 57.2 Å². The maximum Gasteiger partial charge on any atom is 0.187 e. The van der Waals surface area contributed by atoms with Gasteiger partial charge in [0.15, 0.2) is 5.78 Å². The highest BCUT2D eigenvalue weighted by Crippen LogP contribution is 2.69. The second-order valence-electron chi connectivity index (χ2n) is 7.46. The van der Waals surface area contributed by atoms with E-state index in [0.29, 0.717) is 12.3 Å². The van der Waals surface area contributed by atoms with E-state index in [0.717, 1.165) is 18.4 Å². The van der Waals surface area contributed by atoms with Crippen LogP contribution < -0.4 is 0 Å². The summed E-state index contributed by atoms with van der Waals surface area (Å²) in [5, 5.41) is 11.1. The van der Waals surface area contributed by atoms with Crippen molar-refractivity contribution in [1.82, 2.24) is 0 Å². The molecule has 0 aromatic heterocycles. The van der Waals surface area contributed by atoms with E-state index < -0.39 is 5.60 Å². The lowest BCUT2D eigenvalue weighted by molar-refractivity contribution is -0.149. The molecule has 3 atom stereocenters. The Morgan fingerprint density at radius 2 is 1.90 bits per heavy atom. The molecule has 2 nitrogen and oxygen atoms in total. The molecular weight excluding hydrogens is 260 g/mol. The van der Waals surface area contributed by atoms with Crippen molar-refractivity contribution >= 4 is 11.9 Å². The molecule has 0 amide bonds. The first-order chi connectivity index (χ1) is 9.81. The molecule has 2 aliphatic carbocycles. The van der Waals surface area contributed by atoms with Gasteiger partial charge in [0.1, 0.15) is 5.60 Å². The quantitative estimate of drug-likeness (QED) is 0.856. The fraction of sp³-hybridized carbons (Fsp3) is 0.526. The van der Waals surface area contributed by atoms with E-state index in [-0.39, 0.29) is 16.6 Å². The van der Waals surface area contributed by atoms with Gasteiger partial charge in [0, 0.05) is 5.41 Å². The third kappa shape index (κ3) is 1.85. The monoisotopic (exact) mass is 284 g/mol. The zero-order valence-corrected chi connectivity index (χ0v) is 13.1. The lowest BCUT2D eigenvalue weighted by Crippen LogP contribution is -2.52. The molecular formula is C19H24O2. The van der Waals surface area contributed by atoms with E-state index in [1.165, 1.54) is 0 Å². The molecule has 1 aromatic carbocycles. The molecule has 0 saturated heterocycles. The smallest absolute Gasteiger partial charge is 0.187 e. The molecule has 2 heteroatoms. The minimum atomic E-state index is -1.20. The predicted octanol–water partition coefficient (Wildman–Crippen LogP) is 3.85. The van der Waals surface area contributed by atoms with Crippen molar-refractivity contribution in [2.75, 3.05) is 0 Å². The summed E-state index contributed by atoms with van der Waals surface area (Å²) in [6, 6.07) is 9.76. The molecule has 21 heavy (non-hydrogen) atoms. The number of carbonyl (C=O) groups excluding carboxylic acids is 1. The topological polar surface area (TPSA) is 37.3 Å². The summed E-state index contributed by atoms with van der Waals surface area (Å²) in [7, 11) is 0. The van der Waals surface area contributed by atoms with E-state index in [1.807, 2.05) is 36.4 Å². The number of ketones is 1. The summed E-state index contributed by atoms with van der Waals surface area (Å²) in [4.78, 5) is 12.7. The number of aliphatic hydroxyl groups is 1. The molecule has 0 heterocycles. The van der Waals surface area contributed by atoms with Crippen LogP contribution >= 0.6 is 0 Å². The standard InChI is InChI=1S/C19H24O2/c1-17(2)15-11-12-18(17,3)19(21,13-15)16(20)10-9-14-7-5-4-6-8-14/h4-10,15,21H,11-13H2,1-3H3/b10-9+. The first-order valence-electron chi connectivity index (χ1n) is 7.81. The Morgan fingerprint density at radius 1 is 1.24 bits per heavy atom. The van der Waals surface area contributed by atoms with E-state index >= 15 is 0 Å². The van der Waals surface area contributed by atoms with E-state index in [9.17, 15) is 9.90 Å². The van der Waals surface area contributed by atoms with Gasteiger partial charge in [0.05, 0.1) is 0 Å². The zero-order chi connectivity index (χ0) is 15.3. The fourth-order valence-corrected chi connectivity index (χ4v) is 4.52. The minimum Gasteiger partial charge on any atom is -0.381 e. The van der Waals surface area contributed by atoms with Crippen LogP contribution in [-0.4, -0.2) is 16.5 Å². The number of carbonyl (C=O) groups is 1. The van der Waals surface area contributed by atoms with Crippen LogP contribution in [0.15, 0.2) is 36.4 Å². The molecule has 3 unspecified atom stereocenters. The maximum absolute atomic E-state index is 12.7. The number of fused-ring (bicyclic) bond motifs is 2. The molecule has 1 N–H and O–H groups in total. The Morgan fingerprint density at radius 3 is 2.43 bits per heavy atom. The third-order valence-electron chi connectivity index (χ3n) is 6.52. The minimum absolute atomic E-state index is 0.0258. The SMILES string of the molecule is CC1(C)C2CCC1(C)C(O)(C(=O)/C=C/c1ccccc1)C2. The largest absolute Gasteiger partial charge is 0.381 e. The zero-order valence-electron chi connectivity index (χ0n) is 13.1. The summed E-state index contributed by atoms with van der Waals surface area (Å²) < 4.78 is 0. The van der Waals surface area contributed by atoms with Gasteiger partial charge in [-0.15, -0.1) is 0 Å². The molecule has 0 radical (unpaired) electrons. The highest BCUT2D eigenvalue weighted by atomic mass is 16.3. The highest BCUT2D eigenvalue weighted by molar-refractivity contribution is 6.01. The Balaban J connectivity index is 1.87. The van der Waals surface area contributed by atoms with Crippen molar-refractivity contribution < 1.29 is 9.90 Å². The third-order valence-corrected chi connectivity index (χ3v) is 6.52. The van der Waals surface area contributed by atoms with Gasteiger partial charge in [-0.2, -0.15) is 0 Å². The summed E-state index contributed by atoms with van der Waals surface area (Å²) in [6.45, 7) is 6.50. The van der Waals surface area contributed by atoms with Crippen molar-refractivity contribution in [3.05, 3.63) is 42.0 Å². The Labute approximate surface area is 126 Å². The Hall–Kier alpha value is -1.41. The van der Waals surface area contributed by atoms with Crippen LogP contribution in [0, 0.1) is 16.7 Å². The summed E-state index contributed by atoms with van der Waals surface area (Å²) in [6.07, 6.45) is 6.04. The molecule has 1 aromatic rings. The van der Waals surface area contributed by atoms with Gasteiger partial charge in [0.2, 0.25) is 0 Å². The Bertz CT molecular complexity index is 587. The van der Waals surface area contributed by atoms with E-state index in [4.69, 9.17) is 0 Å². The predicted molar refractivity (Wildman–Crippen MR) is 84.7 cm³/mol. The van der Waals surface area contributed by atoms with Gasteiger partial charge >= 0.3 is 0 Å². The van der Waals surface area contributed by atoms with Gasteiger partial charge in [0.25, 0.3) is 0 Å².